The van der Waals surface area contributed by atoms with E-state index in [4.69, 9.17) is 4.74 Å². The van der Waals surface area contributed by atoms with Crippen LogP contribution in [-0.2, 0) is 12.6 Å². The first kappa shape index (κ1) is 20.9. The highest BCUT2D eigenvalue weighted by atomic mass is 19.1. The van der Waals surface area contributed by atoms with Crippen molar-refractivity contribution in [3.05, 3.63) is 98.9 Å². The van der Waals surface area contributed by atoms with Gasteiger partial charge in [-0.15, -0.1) is 0 Å². The molecule has 0 aliphatic carbocycles. The molecule has 1 unspecified atom stereocenters. The predicted molar refractivity (Wildman–Crippen MR) is 123 cm³/mol. The number of aromatic nitrogens is 4. The monoisotopic (exact) mass is 445 g/mol. The average molecular weight is 445 g/mol. The largest absolute Gasteiger partial charge is 0.495 e. The molecule has 0 saturated heterocycles. The van der Waals surface area contributed by atoms with Gasteiger partial charge in [0.15, 0.2) is 0 Å². The third kappa shape index (κ3) is 3.29. The highest BCUT2D eigenvalue weighted by Gasteiger charge is 2.36. The summed E-state index contributed by atoms with van der Waals surface area (Å²) in [6.07, 6.45) is 5.50. The number of halogens is 1. The fourth-order valence-corrected chi connectivity index (χ4v) is 4.42. The number of hydrogen-bond acceptors (Lipinski definition) is 4. The molecular formula is C25H24FN5O2. The summed E-state index contributed by atoms with van der Waals surface area (Å²) in [5.41, 5.74) is 3.21. The minimum absolute atomic E-state index is 0.145. The summed E-state index contributed by atoms with van der Waals surface area (Å²) < 4.78 is 24.5. The molecule has 4 aromatic rings. The molecule has 1 atom stereocenters. The van der Waals surface area contributed by atoms with Crippen LogP contribution in [0.2, 0.25) is 0 Å². The Labute approximate surface area is 189 Å². The molecule has 0 fully saturated rings. The molecule has 0 bridgehead atoms. The first-order valence-electron chi connectivity index (χ1n) is 10.6. The smallest absolute Gasteiger partial charge is 0.278 e. The molecule has 0 amide bonds. The molecule has 7 nitrogen and oxygen atoms in total. The molecule has 0 saturated carbocycles. The maximum absolute atomic E-state index is 13.5. The van der Waals surface area contributed by atoms with Crippen LogP contribution in [-0.4, -0.2) is 32.3 Å². The molecule has 0 radical (unpaired) electrons. The van der Waals surface area contributed by atoms with Crippen LogP contribution in [0.25, 0.3) is 11.8 Å². The Balaban J connectivity index is 1.63. The zero-order chi connectivity index (χ0) is 23.3. The lowest BCUT2D eigenvalue weighted by Crippen LogP contribution is -2.44. The van der Waals surface area contributed by atoms with Crippen LogP contribution < -0.4 is 21.3 Å². The Hall–Kier alpha value is -3.94. The lowest BCUT2D eigenvalue weighted by Gasteiger charge is -2.25. The Morgan fingerprint density at radius 1 is 1.18 bits per heavy atom. The Morgan fingerprint density at radius 2 is 1.94 bits per heavy atom. The van der Waals surface area contributed by atoms with Gasteiger partial charge in [0.25, 0.3) is 5.56 Å². The summed E-state index contributed by atoms with van der Waals surface area (Å²) in [5.74, 6) is 0.360. The summed E-state index contributed by atoms with van der Waals surface area (Å²) in [7, 11) is 3.45. The average Bonchev–Trinajstić information content (AvgIpc) is 3.46. The summed E-state index contributed by atoms with van der Waals surface area (Å²) >= 11 is 0. The Morgan fingerprint density at radius 3 is 2.61 bits per heavy atom. The van der Waals surface area contributed by atoms with E-state index in [0.717, 1.165) is 22.5 Å². The zero-order valence-corrected chi connectivity index (χ0v) is 18.9. The first-order valence-corrected chi connectivity index (χ1v) is 10.6. The molecule has 33 heavy (non-hydrogen) atoms. The maximum Gasteiger partial charge on any atom is 0.278 e. The molecule has 5 rings (SSSR count). The number of fused-ring (bicyclic) bond motifs is 1. The predicted octanol–water partition coefficient (Wildman–Crippen LogP) is 2.05. The van der Waals surface area contributed by atoms with Crippen molar-refractivity contribution in [3.8, 4) is 11.4 Å². The lowest BCUT2D eigenvalue weighted by molar-refractivity contribution is 0.413. The minimum Gasteiger partial charge on any atom is -0.495 e. The van der Waals surface area contributed by atoms with Crippen LogP contribution in [0.1, 0.15) is 23.7 Å². The van der Waals surface area contributed by atoms with Gasteiger partial charge in [-0.05, 0) is 55.3 Å². The standard InChI is InChI=1S/C25H24FN5O2/c1-16-13-30(15-28-16)20-10-5-17(12-22(20)33-4)11-21-23(32)31-24(29(21)3)27-14-25(31,2)18-6-8-19(26)9-7-18/h5-13,15H,14H2,1-4H3. The second-order valence-electron chi connectivity index (χ2n) is 8.48. The lowest BCUT2D eigenvalue weighted by atomic mass is 9.92. The van der Waals surface area contributed by atoms with Gasteiger partial charge in [-0.25, -0.2) is 14.4 Å². The van der Waals surface area contributed by atoms with E-state index in [9.17, 15) is 9.18 Å². The summed E-state index contributed by atoms with van der Waals surface area (Å²) in [5, 5.41) is 0.509. The normalized spacial score (nSPS) is 17.8. The van der Waals surface area contributed by atoms with Gasteiger partial charge in [-0.3, -0.25) is 9.36 Å². The van der Waals surface area contributed by atoms with Crippen LogP contribution in [0.4, 0.5) is 4.39 Å². The van der Waals surface area contributed by atoms with E-state index in [1.165, 1.54) is 12.1 Å². The van der Waals surface area contributed by atoms with Crippen LogP contribution in [0.3, 0.4) is 0 Å². The van der Waals surface area contributed by atoms with E-state index < -0.39 is 5.54 Å². The molecule has 1 aliphatic rings. The summed E-state index contributed by atoms with van der Waals surface area (Å²) in [6.45, 7) is 4.30. The van der Waals surface area contributed by atoms with Gasteiger partial charge in [-0.2, -0.15) is 0 Å². The molecule has 2 aromatic carbocycles. The number of methoxy groups -OCH3 is 1. The van der Waals surface area contributed by atoms with E-state index in [-0.39, 0.29) is 11.4 Å². The van der Waals surface area contributed by atoms with Crippen molar-refractivity contribution in [1.29, 1.82) is 0 Å². The van der Waals surface area contributed by atoms with Gasteiger partial charge < -0.3 is 13.9 Å². The minimum atomic E-state index is -0.676. The highest BCUT2D eigenvalue weighted by molar-refractivity contribution is 5.58. The number of hydrogen-bond donors (Lipinski definition) is 0. The van der Waals surface area contributed by atoms with Crippen LogP contribution in [0, 0.1) is 12.7 Å². The van der Waals surface area contributed by atoms with E-state index in [1.807, 2.05) is 55.9 Å². The van der Waals surface area contributed by atoms with Crippen molar-refractivity contribution in [2.24, 2.45) is 12.0 Å². The van der Waals surface area contributed by atoms with Crippen molar-refractivity contribution in [2.45, 2.75) is 19.4 Å². The van der Waals surface area contributed by atoms with Crippen molar-refractivity contribution in [2.75, 3.05) is 13.7 Å². The molecule has 8 heteroatoms. The van der Waals surface area contributed by atoms with E-state index in [2.05, 4.69) is 9.98 Å². The van der Waals surface area contributed by atoms with E-state index in [1.54, 1.807) is 34.7 Å². The van der Waals surface area contributed by atoms with Gasteiger partial charge in [0.2, 0.25) is 5.62 Å². The van der Waals surface area contributed by atoms with Gasteiger partial charge in [0.1, 0.15) is 16.9 Å². The van der Waals surface area contributed by atoms with Crippen molar-refractivity contribution >= 4 is 6.08 Å². The fourth-order valence-electron chi connectivity index (χ4n) is 4.42. The quantitative estimate of drug-likeness (QED) is 0.483. The number of rotatable bonds is 4. The number of ether oxygens (including phenoxy) is 1. The molecule has 1 aliphatic heterocycles. The van der Waals surface area contributed by atoms with Gasteiger partial charge >= 0.3 is 0 Å². The van der Waals surface area contributed by atoms with Crippen LogP contribution in [0.15, 0.2) is 64.8 Å². The number of nitrogens with zero attached hydrogens (tertiary/aromatic N) is 5. The van der Waals surface area contributed by atoms with Crippen molar-refractivity contribution in [1.82, 2.24) is 18.7 Å². The van der Waals surface area contributed by atoms with E-state index in [0.29, 0.717) is 23.3 Å². The Bertz CT molecular complexity index is 1550. The topological polar surface area (TPSA) is 66.3 Å². The molecular weight excluding hydrogens is 421 g/mol. The second-order valence-corrected chi connectivity index (χ2v) is 8.48. The second kappa shape index (κ2) is 7.58. The third-order valence-electron chi connectivity index (χ3n) is 6.27. The first-order chi connectivity index (χ1) is 15.8. The van der Waals surface area contributed by atoms with Gasteiger partial charge in [0.05, 0.1) is 36.9 Å². The molecule has 3 heterocycles. The number of imidazole rings is 2. The molecule has 0 spiro atoms. The zero-order valence-electron chi connectivity index (χ0n) is 18.9. The Kier molecular flexibility index (Phi) is 4.81. The molecule has 168 valence electrons. The molecule has 2 aromatic heterocycles. The summed E-state index contributed by atoms with van der Waals surface area (Å²) in [4.78, 5) is 22.4. The third-order valence-corrected chi connectivity index (χ3v) is 6.27. The van der Waals surface area contributed by atoms with Gasteiger partial charge in [0, 0.05) is 13.2 Å². The van der Waals surface area contributed by atoms with Crippen molar-refractivity contribution in [3.63, 3.8) is 0 Å². The summed E-state index contributed by atoms with van der Waals surface area (Å²) in [6, 6.07) is 12.0. The fraction of sp³-hybridized carbons (Fsp3) is 0.240. The van der Waals surface area contributed by atoms with Gasteiger partial charge in [-0.1, -0.05) is 18.2 Å². The van der Waals surface area contributed by atoms with E-state index >= 15 is 0 Å². The number of benzene rings is 2. The number of aryl methyl sites for hydroxylation is 1. The van der Waals surface area contributed by atoms with Crippen LogP contribution in [0.5, 0.6) is 5.75 Å². The maximum atomic E-state index is 13.5. The SMILES string of the molecule is COc1cc(C=c2c(=O)n3c(n2C)=NCC3(C)c2ccc(F)cc2)ccc1-n1cnc(C)c1. The van der Waals surface area contributed by atoms with Crippen LogP contribution >= 0.6 is 0 Å². The highest BCUT2D eigenvalue weighted by Crippen LogP contribution is 2.27. The molecule has 0 N–H and O–H groups in total. The van der Waals surface area contributed by atoms with Crippen molar-refractivity contribution < 1.29 is 9.13 Å².